The Bertz CT molecular complexity index is 884. The molecule has 1 aliphatic heterocycles. The summed E-state index contributed by atoms with van der Waals surface area (Å²) in [5.41, 5.74) is 7.00. The number of piperazine rings is 1. The monoisotopic (exact) mass is 425 g/mol. The molecule has 1 unspecified atom stereocenters. The van der Waals surface area contributed by atoms with Gasteiger partial charge in [0.05, 0.1) is 5.39 Å². The number of halogens is 2. The second kappa shape index (κ2) is 9.32. The molecule has 0 spiro atoms. The van der Waals surface area contributed by atoms with Crippen molar-refractivity contribution in [1.82, 2.24) is 14.9 Å². The molecule has 9 heteroatoms. The molecule has 1 aromatic carbocycles. The Morgan fingerprint density at radius 1 is 1.04 bits per heavy atom. The first kappa shape index (κ1) is 21.4. The van der Waals surface area contributed by atoms with Crippen molar-refractivity contribution < 1.29 is 4.79 Å². The summed E-state index contributed by atoms with van der Waals surface area (Å²) in [5, 5.41) is 3.11. The van der Waals surface area contributed by atoms with Crippen LogP contribution in [-0.2, 0) is 4.79 Å². The molecule has 3 aromatic rings. The molecule has 2 aromatic heterocycles. The third-order valence-corrected chi connectivity index (χ3v) is 5.38. The summed E-state index contributed by atoms with van der Waals surface area (Å²) in [4.78, 5) is 26.5. The van der Waals surface area contributed by atoms with Crippen molar-refractivity contribution in [3.63, 3.8) is 0 Å². The second-order valence-corrected chi connectivity index (χ2v) is 6.93. The molecule has 144 valence electrons. The van der Waals surface area contributed by atoms with Crippen LogP contribution in [0.25, 0.3) is 10.2 Å². The molecule has 2 N–H and O–H groups in total. The highest BCUT2D eigenvalue weighted by atomic mass is 35.5. The van der Waals surface area contributed by atoms with Gasteiger partial charge in [-0.15, -0.1) is 36.2 Å². The zero-order valence-corrected chi connectivity index (χ0v) is 17.0. The molecule has 1 amide bonds. The van der Waals surface area contributed by atoms with E-state index >= 15 is 0 Å². The summed E-state index contributed by atoms with van der Waals surface area (Å²) in [7, 11) is 0. The van der Waals surface area contributed by atoms with E-state index in [1.807, 2.05) is 40.6 Å². The van der Waals surface area contributed by atoms with Gasteiger partial charge in [0, 0.05) is 26.2 Å². The van der Waals surface area contributed by atoms with E-state index in [9.17, 15) is 4.79 Å². The highest BCUT2D eigenvalue weighted by Crippen LogP contribution is 2.27. The number of hydrogen-bond acceptors (Lipinski definition) is 6. The van der Waals surface area contributed by atoms with Crippen molar-refractivity contribution in [3.8, 4) is 0 Å². The number of fused-ring (bicyclic) bond motifs is 1. The fourth-order valence-corrected chi connectivity index (χ4v) is 3.89. The minimum absolute atomic E-state index is 0. The normalized spacial score (nSPS) is 15.0. The van der Waals surface area contributed by atoms with Gasteiger partial charge in [-0.25, -0.2) is 9.97 Å². The SMILES string of the molecule is Cl.Cl.NC(C(=O)N1CCN(c2ncnc3sccc23)CC1)c1ccccc1. The van der Waals surface area contributed by atoms with E-state index in [0.29, 0.717) is 13.1 Å². The number of carbonyl (C=O) groups excluding carboxylic acids is 1. The summed E-state index contributed by atoms with van der Waals surface area (Å²) >= 11 is 1.61. The molecule has 27 heavy (non-hydrogen) atoms. The maximum atomic E-state index is 12.7. The molecule has 1 aliphatic rings. The highest BCUT2D eigenvalue weighted by molar-refractivity contribution is 7.16. The predicted octanol–water partition coefficient (Wildman–Crippen LogP) is 2.88. The fraction of sp³-hybridized carbons (Fsp3) is 0.278. The lowest BCUT2D eigenvalue weighted by Gasteiger charge is -2.36. The Morgan fingerprint density at radius 3 is 2.44 bits per heavy atom. The molecule has 6 nitrogen and oxygen atoms in total. The number of benzene rings is 1. The van der Waals surface area contributed by atoms with E-state index < -0.39 is 6.04 Å². The van der Waals surface area contributed by atoms with Crippen molar-refractivity contribution in [3.05, 3.63) is 53.7 Å². The average Bonchev–Trinajstić information content (AvgIpc) is 3.16. The van der Waals surface area contributed by atoms with Crippen LogP contribution in [0.3, 0.4) is 0 Å². The molecule has 1 saturated heterocycles. The quantitative estimate of drug-likeness (QED) is 0.697. The van der Waals surface area contributed by atoms with Gasteiger partial charge in [-0.1, -0.05) is 30.3 Å². The molecule has 1 fully saturated rings. The smallest absolute Gasteiger partial charge is 0.244 e. The Labute approximate surface area is 174 Å². The molecule has 0 bridgehead atoms. The summed E-state index contributed by atoms with van der Waals surface area (Å²) in [5.74, 6) is 0.930. The maximum absolute atomic E-state index is 12.7. The number of carbonyl (C=O) groups is 1. The van der Waals surface area contributed by atoms with Crippen molar-refractivity contribution >= 4 is 58.1 Å². The number of nitrogens with two attached hydrogens (primary N) is 1. The lowest BCUT2D eigenvalue weighted by atomic mass is 10.1. The average molecular weight is 426 g/mol. The molecule has 3 heterocycles. The van der Waals surface area contributed by atoms with Crippen LogP contribution in [0, 0.1) is 0 Å². The number of nitrogens with zero attached hydrogens (tertiary/aromatic N) is 4. The third kappa shape index (κ3) is 4.32. The number of amides is 1. The minimum Gasteiger partial charge on any atom is -0.352 e. The molecular formula is C18H21Cl2N5OS. The number of anilines is 1. The van der Waals surface area contributed by atoms with E-state index in [0.717, 1.165) is 34.7 Å². The molecule has 4 rings (SSSR count). The van der Waals surface area contributed by atoms with Crippen LogP contribution in [0.15, 0.2) is 48.1 Å². The molecule has 0 radical (unpaired) electrons. The van der Waals surface area contributed by atoms with Crippen LogP contribution in [0.5, 0.6) is 0 Å². The Morgan fingerprint density at radius 2 is 1.74 bits per heavy atom. The first-order valence-corrected chi connectivity index (χ1v) is 9.14. The van der Waals surface area contributed by atoms with E-state index in [1.54, 1.807) is 17.7 Å². The van der Waals surface area contributed by atoms with E-state index in [4.69, 9.17) is 5.73 Å². The summed E-state index contributed by atoms with van der Waals surface area (Å²) in [6, 6.07) is 11.0. The van der Waals surface area contributed by atoms with E-state index in [1.165, 1.54) is 0 Å². The summed E-state index contributed by atoms with van der Waals surface area (Å²) < 4.78 is 0. The van der Waals surface area contributed by atoms with Gasteiger partial charge in [0.15, 0.2) is 0 Å². The largest absolute Gasteiger partial charge is 0.352 e. The maximum Gasteiger partial charge on any atom is 0.244 e. The van der Waals surface area contributed by atoms with Crippen molar-refractivity contribution in [2.45, 2.75) is 6.04 Å². The van der Waals surface area contributed by atoms with E-state index in [2.05, 4.69) is 20.9 Å². The molecular weight excluding hydrogens is 405 g/mol. The second-order valence-electron chi connectivity index (χ2n) is 6.04. The first-order chi connectivity index (χ1) is 12.2. The van der Waals surface area contributed by atoms with Gasteiger partial charge in [-0.3, -0.25) is 4.79 Å². The summed E-state index contributed by atoms with van der Waals surface area (Å²) in [6.45, 7) is 2.79. The number of thiophene rings is 1. The Hall–Kier alpha value is -1.93. The van der Waals surface area contributed by atoms with E-state index in [-0.39, 0.29) is 30.7 Å². The zero-order valence-electron chi connectivity index (χ0n) is 14.5. The highest BCUT2D eigenvalue weighted by Gasteiger charge is 2.27. The molecule has 0 saturated carbocycles. The number of aromatic nitrogens is 2. The topological polar surface area (TPSA) is 75.4 Å². The Kier molecular flexibility index (Phi) is 7.38. The minimum atomic E-state index is -0.601. The van der Waals surface area contributed by atoms with Crippen molar-refractivity contribution in [2.75, 3.05) is 31.1 Å². The van der Waals surface area contributed by atoms with Crippen LogP contribution in [0.1, 0.15) is 11.6 Å². The van der Waals surface area contributed by atoms with Gasteiger partial charge in [0.2, 0.25) is 5.91 Å². The Balaban J connectivity index is 0.00000131. The number of hydrogen-bond donors (Lipinski definition) is 1. The standard InChI is InChI=1S/C18H19N5OS.2ClH/c19-15(13-4-2-1-3-5-13)18(24)23-9-7-22(8-10-23)16-14-6-11-25-17(14)21-12-20-16;;/h1-6,11-12,15H,7-10,19H2;2*1H. The van der Waals surface area contributed by atoms with Gasteiger partial charge in [0.1, 0.15) is 23.0 Å². The first-order valence-electron chi connectivity index (χ1n) is 8.26. The lowest BCUT2D eigenvalue weighted by molar-refractivity contribution is -0.133. The van der Waals surface area contributed by atoms with Crippen LogP contribution in [-0.4, -0.2) is 47.0 Å². The van der Waals surface area contributed by atoms with Gasteiger partial charge < -0.3 is 15.5 Å². The van der Waals surface area contributed by atoms with Crippen LogP contribution in [0.4, 0.5) is 5.82 Å². The third-order valence-electron chi connectivity index (χ3n) is 4.56. The lowest BCUT2D eigenvalue weighted by Crippen LogP contribution is -2.51. The van der Waals surface area contributed by atoms with Crippen molar-refractivity contribution in [2.24, 2.45) is 5.73 Å². The van der Waals surface area contributed by atoms with Crippen molar-refractivity contribution in [1.29, 1.82) is 0 Å². The van der Waals surface area contributed by atoms with Gasteiger partial charge in [-0.05, 0) is 17.0 Å². The number of rotatable bonds is 3. The molecule has 0 aliphatic carbocycles. The summed E-state index contributed by atoms with van der Waals surface area (Å²) in [6.07, 6.45) is 1.61. The molecule has 1 atom stereocenters. The van der Waals surface area contributed by atoms with Crippen LogP contribution >= 0.6 is 36.2 Å². The zero-order chi connectivity index (χ0) is 17.2. The van der Waals surface area contributed by atoms with Crippen LogP contribution in [0.2, 0.25) is 0 Å². The van der Waals surface area contributed by atoms with Gasteiger partial charge in [-0.2, -0.15) is 0 Å². The van der Waals surface area contributed by atoms with Crippen LogP contribution < -0.4 is 10.6 Å². The predicted molar refractivity (Wildman–Crippen MR) is 114 cm³/mol. The van der Waals surface area contributed by atoms with Gasteiger partial charge >= 0.3 is 0 Å². The fourth-order valence-electron chi connectivity index (χ4n) is 3.17. The van der Waals surface area contributed by atoms with Gasteiger partial charge in [0.25, 0.3) is 0 Å².